The predicted molar refractivity (Wildman–Crippen MR) is 62.6 cm³/mol. The van der Waals surface area contributed by atoms with E-state index in [0.29, 0.717) is 0 Å². The molecule has 0 heteroatoms. The fraction of sp³-hybridized carbons (Fsp3) is 0.846. The minimum Gasteiger partial charge on any atom is -0.124 e. The van der Waals surface area contributed by atoms with Gasteiger partial charge in [-0.2, -0.15) is 0 Å². The van der Waals surface area contributed by atoms with Crippen LogP contribution in [0.3, 0.4) is 0 Å². The fourth-order valence-electron chi connectivity index (χ4n) is 1.97. The van der Waals surface area contributed by atoms with E-state index in [0.717, 1.165) is 17.8 Å². The van der Waals surface area contributed by atoms with Crippen LogP contribution in [0.2, 0.25) is 0 Å². The van der Waals surface area contributed by atoms with Gasteiger partial charge >= 0.3 is 0 Å². The van der Waals surface area contributed by atoms with E-state index >= 15 is 0 Å². The number of hydrogen-bond donors (Lipinski definition) is 0. The highest BCUT2D eigenvalue weighted by atomic mass is 14.2. The molecule has 0 fully saturated rings. The van der Waals surface area contributed by atoms with Crippen LogP contribution in [-0.4, -0.2) is 0 Å². The Labute approximate surface area is 85.1 Å². The van der Waals surface area contributed by atoms with Crippen LogP contribution in [-0.2, 0) is 0 Å². The van der Waals surface area contributed by atoms with Crippen LogP contribution >= 0.6 is 0 Å². The SMILES string of the molecule is C#C.CCC(C)C(CC)C(C)CC. The second-order valence-electron chi connectivity index (χ2n) is 3.84. The first-order valence-electron chi connectivity index (χ1n) is 5.50. The van der Waals surface area contributed by atoms with E-state index < -0.39 is 0 Å². The fourth-order valence-corrected chi connectivity index (χ4v) is 1.97. The Kier molecular flexibility index (Phi) is 11.2. The minimum absolute atomic E-state index is 0.912. The van der Waals surface area contributed by atoms with Gasteiger partial charge in [-0.3, -0.25) is 0 Å². The summed E-state index contributed by atoms with van der Waals surface area (Å²) in [5.41, 5.74) is 0. The molecule has 0 nitrogen and oxygen atoms in total. The van der Waals surface area contributed by atoms with Crippen molar-refractivity contribution in [3.63, 3.8) is 0 Å². The molecule has 0 rings (SSSR count). The van der Waals surface area contributed by atoms with Gasteiger partial charge in [0.25, 0.3) is 0 Å². The van der Waals surface area contributed by atoms with Crippen molar-refractivity contribution in [2.75, 3.05) is 0 Å². The molecule has 0 saturated heterocycles. The van der Waals surface area contributed by atoms with Crippen LogP contribution in [0, 0.1) is 30.6 Å². The molecule has 0 bridgehead atoms. The highest BCUT2D eigenvalue weighted by Gasteiger charge is 2.18. The quantitative estimate of drug-likeness (QED) is 0.554. The molecule has 78 valence electrons. The minimum atomic E-state index is 0.912. The molecule has 0 heterocycles. The average molecular weight is 182 g/mol. The van der Waals surface area contributed by atoms with Crippen LogP contribution in [0.15, 0.2) is 0 Å². The maximum atomic E-state index is 4.00. The van der Waals surface area contributed by atoms with Crippen LogP contribution in [0.5, 0.6) is 0 Å². The zero-order valence-electron chi connectivity index (χ0n) is 10.0. The van der Waals surface area contributed by atoms with Gasteiger partial charge < -0.3 is 0 Å². The van der Waals surface area contributed by atoms with Gasteiger partial charge in [-0.05, 0) is 17.8 Å². The Morgan fingerprint density at radius 2 is 1.08 bits per heavy atom. The molecule has 0 aromatic heterocycles. The summed E-state index contributed by atoms with van der Waals surface area (Å²) >= 11 is 0. The number of rotatable bonds is 5. The van der Waals surface area contributed by atoms with Crippen molar-refractivity contribution in [3.8, 4) is 12.8 Å². The van der Waals surface area contributed by atoms with Crippen molar-refractivity contribution in [3.05, 3.63) is 0 Å². The first kappa shape index (κ1) is 15.1. The molecule has 0 aromatic carbocycles. The van der Waals surface area contributed by atoms with Gasteiger partial charge in [-0.25, -0.2) is 0 Å². The second kappa shape index (κ2) is 9.65. The molecule has 0 aromatic rings. The lowest BCUT2D eigenvalue weighted by Gasteiger charge is -2.27. The van der Waals surface area contributed by atoms with E-state index in [-0.39, 0.29) is 0 Å². The van der Waals surface area contributed by atoms with Crippen molar-refractivity contribution in [1.82, 2.24) is 0 Å². The summed E-state index contributed by atoms with van der Waals surface area (Å²) < 4.78 is 0. The molecule has 0 N–H and O–H groups in total. The maximum absolute atomic E-state index is 4.00. The Bertz CT molecular complexity index is 102. The van der Waals surface area contributed by atoms with Gasteiger partial charge in [-0.1, -0.05) is 53.9 Å². The molecule has 2 atom stereocenters. The smallest absolute Gasteiger partial charge is 0.0366 e. The normalized spacial score (nSPS) is 16.5. The van der Waals surface area contributed by atoms with E-state index in [1.54, 1.807) is 0 Å². The average Bonchev–Trinajstić information content (AvgIpc) is 2.21. The van der Waals surface area contributed by atoms with Gasteiger partial charge in [0.1, 0.15) is 0 Å². The Morgan fingerprint density at radius 3 is 1.23 bits per heavy atom. The van der Waals surface area contributed by atoms with E-state index in [2.05, 4.69) is 47.5 Å². The molecular formula is C13H26. The van der Waals surface area contributed by atoms with Crippen molar-refractivity contribution >= 4 is 0 Å². The Hall–Kier alpha value is -0.440. The molecular weight excluding hydrogens is 156 g/mol. The topological polar surface area (TPSA) is 0 Å². The first-order chi connectivity index (χ1) is 6.17. The molecule has 0 spiro atoms. The first-order valence-corrected chi connectivity index (χ1v) is 5.50. The second-order valence-corrected chi connectivity index (χ2v) is 3.84. The molecule has 0 aliphatic rings. The van der Waals surface area contributed by atoms with Gasteiger partial charge in [-0.15, -0.1) is 12.8 Å². The third-order valence-electron chi connectivity index (χ3n) is 3.22. The summed E-state index contributed by atoms with van der Waals surface area (Å²) in [6, 6.07) is 0. The standard InChI is InChI=1S/C11H24.C2H2/c1-6-9(4)11(8-3)10(5)7-2;1-2/h9-11H,6-8H2,1-5H3;1-2H. The van der Waals surface area contributed by atoms with Crippen LogP contribution in [0.25, 0.3) is 0 Å². The van der Waals surface area contributed by atoms with E-state index in [9.17, 15) is 0 Å². The van der Waals surface area contributed by atoms with E-state index in [4.69, 9.17) is 0 Å². The zero-order chi connectivity index (χ0) is 10.9. The third kappa shape index (κ3) is 5.75. The lowest BCUT2D eigenvalue weighted by Crippen LogP contribution is -2.17. The van der Waals surface area contributed by atoms with Crippen molar-refractivity contribution in [2.24, 2.45) is 17.8 Å². The lowest BCUT2D eigenvalue weighted by molar-refractivity contribution is 0.236. The summed E-state index contributed by atoms with van der Waals surface area (Å²) in [5, 5.41) is 0. The van der Waals surface area contributed by atoms with Gasteiger partial charge in [0.05, 0.1) is 0 Å². The van der Waals surface area contributed by atoms with Crippen molar-refractivity contribution in [1.29, 1.82) is 0 Å². The lowest BCUT2D eigenvalue weighted by atomic mass is 9.79. The van der Waals surface area contributed by atoms with Crippen LogP contribution in [0.1, 0.15) is 53.9 Å². The number of hydrogen-bond acceptors (Lipinski definition) is 0. The van der Waals surface area contributed by atoms with Gasteiger partial charge in [0.2, 0.25) is 0 Å². The Morgan fingerprint density at radius 1 is 0.769 bits per heavy atom. The molecule has 0 aliphatic heterocycles. The molecule has 0 saturated carbocycles. The van der Waals surface area contributed by atoms with E-state index in [1.165, 1.54) is 19.3 Å². The highest BCUT2D eigenvalue weighted by Crippen LogP contribution is 2.28. The summed E-state index contributed by atoms with van der Waals surface area (Å²) in [6.45, 7) is 11.7. The summed E-state index contributed by atoms with van der Waals surface area (Å²) in [6.07, 6.45) is 12.0. The van der Waals surface area contributed by atoms with Crippen molar-refractivity contribution in [2.45, 2.75) is 53.9 Å². The van der Waals surface area contributed by atoms with E-state index in [1.807, 2.05) is 0 Å². The molecule has 0 aliphatic carbocycles. The molecule has 2 unspecified atom stereocenters. The largest absolute Gasteiger partial charge is 0.124 e. The highest BCUT2D eigenvalue weighted by molar-refractivity contribution is 4.68. The van der Waals surface area contributed by atoms with Gasteiger partial charge in [0, 0.05) is 0 Å². The predicted octanol–water partition coefficient (Wildman–Crippen LogP) is 4.35. The molecule has 13 heavy (non-hydrogen) atoms. The van der Waals surface area contributed by atoms with Crippen LogP contribution in [0.4, 0.5) is 0 Å². The maximum Gasteiger partial charge on any atom is -0.0366 e. The number of terminal acetylenes is 1. The van der Waals surface area contributed by atoms with Crippen molar-refractivity contribution < 1.29 is 0 Å². The van der Waals surface area contributed by atoms with Gasteiger partial charge in [0.15, 0.2) is 0 Å². The third-order valence-corrected chi connectivity index (χ3v) is 3.22. The molecule has 0 radical (unpaired) electrons. The van der Waals surface area contributed by atoms with Crippen LogP contribution < -0.4 is 0 Å². The zero-order valence-corrected chi connectivity index (χ0v) is 10.0. The summed E-state index contributed by atoms with van der Waals surface area (Å²) in [7, 11) is 0. The monoisotopic (exact) mass is 182 g/mol. The molecule has 0 amide bonds. The Balaban J connectivity index is 0. The summed E-state index contributed by atoms with van der Waals surface area (Å²) in [5.74, 6) is 2.77. The summed E-state index contributed by atoms with van der Waals surface area (Å²) in [4.78, 5) is 0.